The molecule has 2 rings (SSSR count). The van der Waals surface area contributed by atoms with Gasteiger partial charge in [-0.05, 0) is 52.3 Å². The second-order valence-corrected chi connectivity index (χ2v) is 7.75. The Morgan fingerprint density at radius 2 is 2.14 bits per heavy atom. The average molecular weight is 322 g/mol. The third kappa shape index (κ3) is 5.21. The average Bonchev–Trinajstić information content (AvgIpc) is 2.80. The summed E-state index contributed by atoms with van der Waals surface area (Å²) in [6.07, 6.45) is 0.532. The number of amides is 1. The summed E-state index contributed by atoms with van der Waals surface area (Å²) in [6, 6.07) is 9.04. The number of alkyl carbamates (subject to hydrolysis) is 1. The predicted octanol–water partition coefficient (Wildman–Crippen LogP) is 3.73. The summed E-state index contributed by atoms with van der Waals surface area (Å²) in [5.41, 5.74) is 0.938. The molecule has 0 aromatic heterocycles. The lowest BCUT2D eigenvalue weighted by molar-refractivity contribution is 0.0506. The topological polar surface area (TPSA) is 50.4 Å². The molecule has 1 amide bonds. The number of benzene rings is 1. The van der Waals surface area contributed by atoms with Crippen LogP contribution in [0.2, 0.25) is 0 Å². The molecular formula is C17H26N2O2S. The number of rotatable bonds is 5. The number of carbonyl (C=O) groups excluding carboxylic acids is 1. The van der Waals surface area contributed by atoms with E-state index in [1.165, 1.54) is 10.5 Å². The minimum absolute atomic E-state index is 0.0895. The minimum Gasteiger partial charge on any atom is -0.444 e. The summed E-state index contributed by atoms with van der Waals surface area (Å²) in [5.74, 6) is 1.08. The summed E-state index contributed by atoms with van der Waals surface area (Å²) in [7, 11) is 0. The van der Waals surface area contributed by atoms with Gasteiger partial charge in [-0.2, -0.15) is 0 Å². The van der Waals surface area contributed by atoms with Crippen LogP contribution in [0.1, 0.15) is 45.7 Å². The summed E-state index contributed by atoms with van der Waals surface area (Å²) in [6.45, 7) is 8.48. The van der Waals surface area contributed by atoms with E-state index in [0.717, 1.165) is 18.7 Å². The van der Waals surface area contributed by atoms with Crippen molar-refractivity contribution in [3.8, 4) is 0 Å². The van der Waals surface area contributed by atoms with Gasteiger partial charge < -0.3 is 15.4 Å². The van der Waals surface area contributed by atoms with Crippen molar-refractivity contribution in [3.05, 3.63) is 29.8 Å². The van der Waals surface area contributed by atoms with E-state index in [-0.39, 0.29) is 12.1 Å². The first kappa shape index (κ1) is 17.2. The van der Waals surface area contributed by atoms with Crippen LogP contribution in [0.4, 0.5) is 4.79 Å². The smallest absolute Gasteiger partial charge is 0.407 e. The monoisotopic (exact) mass is 322 g/mol. The number of carbonyl (C=O) groups is 1. The molecule has 4 nitrogen and oxygen atoms in total. The number of fused-ring (bicyclic) bond motifs is 1. The Morgan fingerprint density at radius 3 is 2.86 bits per heavy atom. The largest absolute Gasteiger partial charge is 0.444 e. The van der Waals surface area contributed by atoms with Crippen molar-refractivity contribution in [1.29, 1.82) is 0 Å². The van der Waals surface area contributed by atoms with E-state index in [2.05, 4.69) is 34.9 Å². The maximum atomic E-state index is 11.7. The molecule has 0 fully saturated rings. The summed E-state index contributed by atoms with van der Waals surface area (Å²) in [4.78, 5) is 13.1. The van der Waals surface area contributed by atoms with Crippen molar-refractivity contribution in [3.63, 3.8) is 0 Å². The summed E-state index contributed by atoms with van der Waals surface area (Å²) in [5, 5.41) is 6.45. The van der Waals surface area contributed by atoms with E-state index in [4.69, 9.17) is 4.74 Å². The van der Waals surface area contributed by atoms with Crippen LogP contribution < -0.4 is 10.6 Å². The fraction of sp³-hybridized carbons (Fsp3) is 0.588. The van der Waals surface area contributed by atoms with Crippen molar-refractivity contribution in [2.45, 2.75) is 56.7 Å². The van der Waals surface area contributed by atoms with Gasteiger partial charge in [-0.3, -0.25) is 0 Å². The Balaban J connectivity index is 1.70. The molecule has 1 aliphatic rings. The lowest BCUT2D eigenvalue weighted by Gasteiger charge is -2.22. The highest BCUT2D eigenvalue weighted by molar-refractivity contribution is 7.99. The predicted molar refractivity (Wildman–Crippen MR) is 91.4 cm³/mol. The van der Waals surface area contributed by atoms with Crippen molar-refractivity contribution < 1.29 is 9.53 Å². The molecule has 0 radical (unpaired) electrons. The van der Waals surface area contributed by atoms with Gasteiger partial charge in [-0.1, -0.05) is 18.2 Å². The molecule has 122 valence electrons. The molecule has 2 N–H and O–H groups in total. The van der Waals surface area contributed by atoms with Gasteiger partial charge in [-0.25, -0.2) is 4.79 Å². The molecule has 2 atom stereocenters. The van der Waals surface area contributed by atoms with E-state index in [1.807, 2.05) is 39.5 Å². The molecule has 1 aromatic rings. The first-order chi connectivity index (χ1) is 10.3. The van der Waals surface area contributed by atoms with E-state index >= 15 is 0 Å². The number of thioether (sulfide) groups is 1. The molecule has 0 bridgehead atoms. The second kappa shape index (κ2) is 7.38. The number of nitrogens with one attached hydrogen (secondary N) is 2. The van der Waals surface area contributed by atoms with Crippen LogP contribution in [0.25, 0.3) is 0 Å². The van der Waals surface area contributed by atoms with Gasteiger partial charge in [0.15, 0.2) is 0 Å². The summed E-state index contributed by atoms with van der Waals surface area (Å²) < 4.78 is 5.26. The van der Waals surface area contributed by atoms with Crippen LogP contribution in [0.15, 0.2) is 29.2 Å². The fourth-order valence-electron chi connectivity index (χ4n) is 2.39. The Bertz CT molecular complexity index is 514. The Labute approximate surface area is 137 Å². The van der Waals surface area contributed by atoms with E-state index in [0.29, 0.717) is 6.04 Å². The molecule has 0 saturated carbocycles. The highest BCUT2D eigenvalue weighted by atomic mass is 32.2. The Hall–Kier alpha value is -1.20. The maximum absolute atomic E-state index is 11.7. The zero-order chi connectivity index (χ0) is 16.2. The van der Waals surface area contributed by atoms with Crippen molar-refractivity contribution in [2.24, 2.45) is 0 Å². The van der Waals surface area contributed by atoms with Crippen LogP contribution >= 0.6 is 11.8 Å². The van der Waals surface area contributed by atoms with Crippen LogP contribution in [0.3, 0.4) is 0 Å². The quantitative estimate of drug-likeness (QED) is 0.867. The van der Waals surface area contributed by atoms with Crippen LogP contribution in [-0.4, -0.2) is 30.0 Å². The highest BCUT2D eigenvalue weighted by Gasteiger charge is 2.22. The van der Waals surface area contributed by atoms with Crippen molar-refractivity contribution in [1.82, 2.24) is 10.6 Å². The van der Waals surface area contributed by atoms with E-state index in [9.17, 15) is 4.79 Å². The zero-order valence-corrected chi connectivity index (χ0v) is 14.6. The molecule has 2 unspecified atom stereocenters. The van der Waals surface area contributed by atoms with Gasteiger partial charge in [0.1, 0.15) is 5.60 Å². The molecule has 1 aromatic carbocycles. The molecule has 0 aliphatic carbocycles. The van der Waals surface area contributed by atoms with Gasteiger partial charge in [0, 0.05) is 22.7 Å². The molecule has 1 aliphatic heterocycles. The van der Waals surface area contributed by atoms with Crippen LogP contribution in [0, 0.1) is 0 Å². The lowest BCUT2D eigenvalue weighted by Crippen LogP contribution is -2.39. The standard InChI is InChI=1S/C17H26N2O2S/c1-12(19-16(20)21-17(2,3)4)9-10-18-14-11-22-15-8-6-5-7-13(14)15/h5-8,12,14,18H,9-11H2,1-4H3,(H,19,20). The number of hydrogen-bond donors (Lipinski definition) is 2. The normalized spacial score (nSPS) is 18.6. The second-order valence-electron chi connectivity index (χ2n) is 6.69. The van der Waals surface area contributed by atoms with Crippen LogP contribution in [-0.2, 0) is 4.74 Å². The van der Waals surface area contributed by atoms with Gasteiger partial charge in [-0.15, -0.1) is 11.8 Å². The third-order valence-electron chi connectivity index (χ3n) is 3.43. The van der Waals surface area contributed by atoms with Crippen molar-refractivity contribution >= 4 is 17.9 Å². The van der Waals surface area contributed by atoms with Gasteiger partial charge in [0.2, 0.25) is 0 Å². The maximum Gasteiger partial charge on any atom is 0.407 e. The Kier molecular flexibility index (Phi) is 5.75. The third-order valence-corrected chi connectivity index (χ3v) is 4.61. The number of ether oxygens (including phenoxy) is 1. The number of hydrogen-bond acceptors (Lipinski definition) is 4. The fourth-order valence-corrected chi connectivity index (χ4v) is 3.58. The van der Waals surface area contributed by atoms with Crippen molar-refractivity contribution in [2.75, 3.05) is 12.3 Å². The van der Waals surface area contributed by atoms with E-state index < -0.39 is 5.60 Å². The molecule has 5 heteroatoms. The molecular weight excluding hydrogens is 296 g/mol. The Morgan fingerprint density at radius 1 is 1.41 bits per heavy atom. The molecule has 0 saturated heterocycles. The first-order valence-corrected chi connectivity index (χ1v) is 8.78. The molecule has 1 heterocycles. The lowest BCUT2D eigenvalue weighted by atomic mass is 10.1. The van der Waals surface area contributed by atoms with Gasteiger partial charge in [0.05, 0.1) is 0 Å². The van der Waals surface area contributed by atoms with Gasteiger partial charge in [0.25, 0.3) is 0 Å². The zero-order valence-electron chi connectivity index (χ0n) is 13.8. The summed E-state index contributed by atoms with van der Waals surface area (Å²) >= 11 is 1.90. The van der Waals surface area contributed by atoms with Crippen LogP contribution in [0.5, 0.6) is 0 Å². The highest BCUT2D eigenvalue weighted by Crippen LogP contribution is 2.37. The minimum atomic E-state index is -0.452. The van der Waals surface area contributed by atoms with Gasteiger partial charge >= 0.3 is 6.09 Å². The van der Waals surface area contributed by atoms with E-state index in [1.54, 1.807) is 0 Å². The SMILES string of the molecule is CC(CCNC1CSc2ccccc21)NC(=O)OC(C)(C)C. The molecule has 22 heavy (non-hydrogen) atoms. The first-order valence-electron chi connectivity index (χ1n) is 7.80. The molecule has 0 spiro atoms.